The summed E-state index contributed by atoms with van der Waals surface area (Å²) in [4.78, 5) is 8.19. The molecule has 9 heteroatoms. The van der Waals surface area contributed by atoms with Crippen molar-refractivity contribution in [3.05, 3.63) is 23.5 Å². The molecule has 21 heavy (non-hydrogen) atoms. The minimum Gasteiger partial charge on any atom is -0.370 e. The van der Waals surface area contributed by atoms with Gasteiger partial charge in [-0.25, -0.2) is 9.97 Å². The van der Waals surface area contributed by atoms with E-state index in [0.29, 0.717) is 17.5 Å². The Kier molecular flexibility index (Phi) is 4.71. The molecule has 2 aromatic heterocycles. The molecule has 2 heterocycles. The van der Waals surface area contributed by atoms with Gasteiger partial charge in [-0.1, -0.05) is 6.92 Å². The predicted molar refractivity (Wildman–Crippen MR) is 73.3 cm³/mol. The van der Waals surface area contributed by atoms with E-state index in [0.717, 1.165) is 30.3 Å². The Hall–Kier alpha value is -1.77. The summed E-state index contributed by atoms with van der Waals surface area (Å²) >= 11 is 0.982. The van der Waals surface area contributed by atoms with Gasteiger partial charge in [-0.05, 0) is 37.2 Å². The van der Waals surface area contributed by atoms with Gasteiger partial charge >= 0.3 is 6.18 Å². The molecule has 0 saturated carbocycles. The van der Waals surface area contributed by atoms with Crippen LogP contribution < -0.4 is 5.32 Å². The highest BCUT2D eigenvalue weighted by molar-refractivity contribution is 7.99. The van der Waals surface area contributed by atoms with Gasteiger partial charge in [0.2, 0.25) is 5.16 Å². The lowest BCUT2D eigenvalue weighted by Gasteiger charge is -2.11. The summed E-state index contributed by atoms with van der Waals surface area (Å²) in [5.41, 5.74) is -0.745. The Bertz CT molecular complexity index is 611. The van der Waals surface area contributed by atoms with Gasteiger partial charge in [-0.3, -0.25) is 5.10 Å². The van der Waals surface area contributed by atoms with Crippen molar-refractivity contribution in [2.24, 2.45) is 0 Å². The van der Waals surface area contributed by atoms with Crippen molar-refractivity contribution in [1.82, 2.24) is 20.2 Å². The van der Waals surface area contributed by atoms with E-state index in [1.807, 2.05) is 6.92 Å². The van der Waals surface area contributed by atoms with Crippen LogP contribution in [-0.4, -0.2) is 26.7 Å². The fraction of sp³-hybridized carbons (Fsp3) is 0.417. The number of rotatable bonds is 5. The lowest BCUT2D eigenvalue weighted by Crippen LogP contribution is -2.09. The van der Waals surface area contributed by atoms with E-state index in [2.05, 4.69) is 25.5 Å². The normalized spacial score (nSPS) is 11.7. The molecule has 0 atom stereocenters. The molecule has 0 radical (unpaired) electrons. The third kappa shape index (κ3) is 4.35. The van der Waals surface area contributed by atoms with E-state index >= 15 is 0 Å². The van der Waals surface area contributed by atoms with Crippen molar-refractivity contribution in [1.29, 1.82) is 0 Å². The van der Waals surface area contributed by atoms with Crippen molar-refractivity contribution in [2.75, 3.05) is 11.9 Å². The van der Waals surface area contributed by atoms with Crippen LogP contribution in [0.5, 0.6) is 0 Å². The quantitative estimate of drug-likeness (QED) is 0.883. The minimum absolute atomic E-state index is 0.196. The average molecular weight is 317 g/mol. The third-order valence-corrected chi connectivity index (χ3v) is 3.24. The molecule has 114 valence electrons. The molecular weight excluding hydrogens is 303 g/mol. The first-order valence-electron chi connectivity index (χ1n) is 6.28. The first-order chi connectivity index (χ1) is 9.88. The summed E-state index contributed by atoms with van der Waals surface area (Å²) in [5.74, 6) is 0.787. The zero-order valence-corrected chi connectivity index (χ0v) is 12.3. The maximum absolute atomic E-state index is 12.9. The molecule has 2 aromatic rings. The predicted octanol–water partition coefficient (Wildman–Crippen LogP) is 3.50. The van der Waals surface area contributed by atoms with Crippen molar-refractivity contribution < 1.29 is 13.2 Å². The zero-order chi connectivity index (χ0) is 15.5. The molecular formula is C12H14F3N5S. The maximum Gasteiger partial charge on any atom is 0.416 e. The molecule has 0 aliphatic heterocycles. The molecule has 0 aliphatic rings. The van der Waals surface area contributed by atoms with E-state index in [-0.39, 0.29) is 10.8 Å². The topological polar surface area (TPSA) is 66.5 Å². The van der Waals surface area contributed by atoms with Crippen molar-refractivity contribution in [2.45, 2.75) is 36.6 Å². The van der Waals surface area contributed by atoms with Crippen LogP contribution in [0.1, 0.15) is 24.7 Å². The Morgan fingerprint density at radius 1 is 1.29 bits per heavy atom. The highest BCUT2D eigenvalue weighted by Gasteiger charge is 2.31. The molecule has 0 amide bonds. The molecule has 0 bridgehead atoms. The average Bonchev–Trinajstić information content (AvgIpc) is 2.80. The first-order valence-corrected chi connectivity index (χ1v) is 7.10. The molecule has 0 unspecified atom stereocenters. The van der Waals surface area contributed by atoms with Crippen LogP contribution in [0.15, 0.2) is 22.3 Å². The monoisotopic (exact) mass is 317 g/mol. The smallest absolute Gasteiger partial charge is 0.370 e. The molecule has 0 aliphatic carbocycles. The maximum atomic E-state index is 12.9. The molecule has 0 saturated heterocycles. The fourth-order valence-corrected chi connectivity index (χ4v) is 2.32. The van der Waals surface area contributed by atoms with Gasteiger partial charge in [-0.2, -0.15) is 13.2 Å². The van der Waals surface area contributed by atoms with Crippen LogP contribution in [-0.2, 0) is 6.18 Å². The fourth-order valence-electron chi connectivity index (χ4n) is 1.53. The van der Waals surface area contributed by atoms with E-state index in [1.54, 1.807) is 6.92 Å². The SMILES string of the molecule is CCCNc1cc(C(F)(F)F)cc(Sc2n[nH]c(C)n2)n1. The number of anilines is 1. The molecule has 5 nitrogen and oxygen atoms in total. The largest absolute Gasteiger partial charge is 0.416 e. The number of pyridine rings is 1. The van der Waals surface area contributed by atoms with Crippen LogP contribution in [0.25, 0.3) is 0 Å². The Morgan fingerprint density at radius 2 is 2.05 bits per heavy atom. The first kappa shape index (κ1) is 15.6. The molecule has 0 fully saturated rings. The second kappa shape index (κ2) is 6.33. The van der Waals surface area contributed by atoms with Crippen LogP contribution in [0.3, 0.4) is 0 Å². The Balaban J connectivity index is 2.30. The zero-order valence-electron chi connectivity index (χ0n) is 11.5. The summed E-state index contributed by atoms with van der Waals surface area (Å²) in [6.07, 6.45) is -3.63. The molecule has 2 N–H and O–H groups in total. The third-order valence-electron chi connectivity index (χ3n) is 2.46. The highest BCUT2D eigenvalue weighted by atomic mass is 32.2. The van der Waals surface area contributed by atoms with E-state index < -0.39 is 11.7 Å². The van der Waals surface area contributed by atoms with E-state index in [9.17, 15) is 13.2 Å². The van der Waals surface area contributed by atoms with Gasteiger partial charge in [0, 0.05) is 6.54 Å². The van der Waals surface area contributed by atoms with Crippen LogP contribution in [0.4, 0.5) is 19.0 Å². The Labute approximate surface area is 123 Å². The number of nitrogens with one attached hydrogen (secondary N) is 2. The standard InChI is InChI=1S/C12H14F3N5S/c1-3-4-16-9-5-8(12(13,14)15)6-10(18-9)21-11-17-7(2)19-20-11/h5-6H,3-4H2,1-2H3,(H,16,18)(H,17,19,20). The lowest BCUT2D eigenvalue weighted by atomic mass is 10.2. The van der Waals surface area contributed by atoms with Crippen LogP contribution in [0, 0.1) is 6.92 Å². The van der Waals surface area contributed by atoms with Gasteiger partial charge in [0.15, 0.2) is 0 Å². The van der Waals surface area contributed by atoms with Crippen molar-refractivity contribution in [3.63, 3.8) is 0 Å². The number of hydrogen-bond acceptors (Lipinski definition) is 5. The second-order valence-electron chi connectivity index (χ2n) is 4.31. The summed E-state index contributed by atoms with van der Waals surface area (Å²) < 4.78 is 38.7. The van der Waals surface area contributed by atoms with Gasteiger partial charge in [-0.15, -0.1) is 5.10 Å². The van der Waals surface area contributed by atoms with Crippen molar-refractivity contribution in [3.8, 4) is 0 Å². The molecule has 0 aromatic carbocycles. The van der Waals surface area contributed by atoms with Crippen LogP contribution in [0.2, 0.25) is 0 Å². The van der Waals surface area contributed by atoms with Gasteiger partial charge in [0.25, 0.3) is 0 Å². The number of aromatic amines is 1. The molecule has 0 spiro atoms. The highest BCUT2D eigenvalue weighted by Crippen LogP contribution is 2.34. The number of H-pyrrole nitrogens is 1. The van der Waals surface area contributed by atoms with Crippen molar-refractivity contribution >= 4 is 17.6 Å². The minimum atomic E-state index is -4.42. The molecule has 2 rings (SSSR count). The lowest BCUT2D eigenvalue weighted by molar-refractivity contribution is -0.137. The number of nitrogens with zero attached hydrogens (tertiary/aromatic N) is 3. The number of aromatic nitrogens is 4. The second-order valence-corrected chi connectivity index (χ2v) is 5.30. The van der Waals surface area contributed by atoms with Gasteiger partial charge in [0.05, 0.1) is 5.56 Å². The summed E-state index contributed by atoms with van der Waals surface area (Å²) in [6.45, 7) is 4.19. The summed E-state index contributed by atoms with van der Waals surface area (Å²) in [7, 11) is 0. The number of hydrogen-bond donors (Lipinski definition) is 2. The van der Waals surface area contributed by atoms with E-state index in [4.69, 9.17) is 0 Å². The number of halogens is 3. The Morgan fingerprint density at radius 3 is 2.62 bits per heavy atom. The van der Waals surface area contributed by atoms with Gasteiger partial charge < -0.3 is 5.32 Å². The van der Waals surface area contributed by atoms with Crippen LogP contribution >= 0.6 is 11.8 Å². The number of aryl methyl sites for hydroxylation is 1. The summed E-state index contributed by atoms with van der Waals surface area (Å²) in [6, 6.07) is 2.00. The summed E-state index contributed by atoms with van der Waals surface area (Å²) in [5, 5.41) is 9.91. The van der Waals surface area contributed by atoms with E-state index in [1.165, 1.54) is 0 Å². The number of alkyl halides is 3. The van der Waals surface area contributed by atoms with Gasteiger partial charge in [0.1, 0.15) is 16.7 Å².